The minimum absolute atomic E-state index is 0.0241. The van der Waals surface area contributed by atoms with Crippen molar-refractivity contribution in [1.29, 1.82) is 0 Å². The number of carbonyl (C=O) groups excluding carboxylic acids is 1. The van der Waals surface area contributed by atoms with E-state index in [1.807, 2.05) is 63.4 Å². The molecule has 2 aromatic carbocycles. The average Bonchev–Trinajstić information content (AvgIpc) is 3.31. The first-order valence-corrected chi connectivity index (χ1v) is 12.3. The largest absolute Gasteiger partial charge is 0.444 e. The second-order valence-corrected chi connectivity index (χ2v) is 8.65. The lowest BCUT2D eigenvalue weighted by Gasteiger charge is -2.23. The Hall–Kier alpha value is -3.26. The molecular formula is C26H35N3O4S. The number of nitro benzene ring substituents is 1. The third-order valence-corrected chi connectivity index (χ3v) is 5.13. The Morgan fingerprint density at radius 1 is 1.06 bits per heavy atom. The lowest BCUT2D eigenvalue weighted by molar-refractivity contribution is -0.384. The molecule has 0 spiro atoms. The van der Waals surface area contributed by atoms with Crippen LogP contribution >= 0.6 is 11.3 Å². The van der Waals surface area contributed by atoms with E-state index in [9.17, 15) is 14.9 Å². The van der Waals surface area contributed by atoms with Crippen LogP contribution in [0.25, 0.3) is 11.3 Å². The van der Waals surface area contributed by atoms with Gasteiger partial charge < -0.3 is 10.1 Å². The summed E-state index contributed by atoms with van der Waals surface area (Å²) < 4.78 is 5.41. The highest BCUT2D eigenvalue weighted by Crippen LogP contribution is 2.28. The third kappa shape index (κ3) is 9.31. The van der Waals surface area contributed by atoms with Crippen molar-refractivity contribution in [1.82, 2.24) is 10.3 Å². The van der Waals surface area contributed by atoms with Gasteiger partial charge in [0.05, 0.1) is 16.7 Å². The Morgan fingerprint density at radius 2 is 1.65 bits per heavy atom. The molecular weight excluding hydrogens is 450 g/mol. The van der Waals surface area contributed by atoms with Gasteiger partial charge in [-0.1, -0.05) is 70.2 Å². The first-order valence-electron chi connectivity index (χ1n) is 11.4. The van der Waals surface area contributed by atoms with E-state index < -0.39 is 22.7 Å². The molecule has 0 saturated heterocycles. The van der Waals surface area contributed by atoms with Crippen molar-refractivity contribution in [2.24, 2.45) is 0 Å². The van der Waals surface area contributed by atoms with Crippen molar-refractivity contribution in [3.8, 4) is 11.3 Å². The topological polar surface area (TPSA) is 94.4 Å². The van der Waals surface area contributed by atoms with Crippen molar-refractivity contribution >= 4 is 23.1 Å². The SMILES string of the molecule is CC.CC.CC(C)(C)OC(=O)N[C@@H](Cc1ccc([N+](=O)[O-])cc1)c1nc(-c2ccccc2)cs1. The summed E-state index contributed by atoms with van der Waals surface area (Å²) >= 11 is 1.45. The van der Waals surface area contributed by atoms with E-state index in [-0.39, 0.29) is 5.69 Å². The molecule has 3 aromatic rings. The van der Waals surface area contributed by atoms with E-state index in [0.29, 0.717) is 6.42 Å². The predicted molar refractivity (Wildman–Crippen MR) is 139 cm³/mol. The van der Waals surface area contributed by atoms with Gasteiger partial charge in [0.2, 0.25) is 0 Å². The number of hydrogen-bond acceptors (Lipinski definition) is 6. The van der Waals surface area contributed by atoms with Crippen molar-refractivity contribution in [3.05, 3.63) is 80.7 Å². The summed E-state index contributed by atoms with van der Waals surface area (Å²) in [4.78, 5) is 27.6. The van der Waals surface area contributed by atoms with E-state index in [1.54, 1.807) is 32.9 Å². The van der Waals surface area contributed by atoms with Crippen LogP contribution in [0, 0.1) is 10.1 Å². The van der Waals surface area contributed by atoms with Crippen LogP contribution in [0.3, 0.4) is 0 Å². The number of non-ortho nitro benzene ring substituents is 1. The summed E-state index contributed by atoms with van der Waals surface area (Å²) in [5, 5.41) is 16.5. The van der Waals surface area contributed by atoms with E-state index in [1.165, 1.54) is 23.5 Å². The van der Waals surface area contributed by atoms with Gasteiger partial charge in [0.25, 0.3) is 5.69 Å². The maximum atomic E-state index is 12.4. The zero-order valence-corrected chi connectivity index (χ0v) is 21.8. The quantitative estimate of drug-likeness (QED) is 0.287. The van der Waals surface area contributed by atoms with Crippen LogP contribution in [0.4, 0.5) is 10.5 Å². The number of ether oxygens (including phenoxy) is 1. The standard InChI is InChI=1S/C22H23N3O4S.2C2H6/c1-22(2,3)29-21(26)24-18(13-15-9-11-17(12-10-15)25(27)28)20-23-19(14-30-20)16-7-5-4-6-8-16;2*1-2/h4-12,14,18H,13H2,1-3H3,(H,24,26);2*1-2H3/t18-;;/m0../s1. The average molecular weight is 486 g/mol. The lowest BCUT2D eigenvalue weighted by atomic mass is 10.1. The van der Waals surface area contributed by atoms with Crippen LogP contribution in [0.1, 0.15) is 65.1 Å². The smallest absolute Gasteiger partial charge is 0.408 e. The first kappa shape index (κ1) is 28.8. The Kier molecular flexibility index (Phi) is 11.9. The Balaban J connectivity index is 0.00000137. The Labute approximate surface area is 206 Å². The van der Waals surface area contributed by atoms with Crippen molar-refractivity contribution < 1.29 is 14.5 Å². The lowest BCUT2D eigenvalue weighted by Crippen LogP contribution is -2.35. The van der Waals surface area contributed by atoms with Crippen LogP contribution in [-0.2, 0) is 11.2 Å². The Bertz CT molecular complexity index is 1010. The molecule has 0 radical (unpaired) electrons. The van der Waals surface area contributed by atoms with Gasteiger partial charge in [-0.05, 0) is 32.8 Å². The minimum Gasteiger partial charge on any atom is -0.444 e. The van der Waals surface area contributed by atoms with E-state index >= 15 is 0 Å². The predicted octanol–water partition coefficient (Wildman–Crippen LogP) is 7.58. The van der Waals surface area contributed by atoms with Crippen LogP contribution in [0.5, 0.6) is 0 Å². The van der Waals surface area contributed by atoms with Gasteiger partial charge in [-0.15, -0.1) is 11.3 Å². The molecule has 7 nitrogen and oxygen atoms in total. The van der Waals surface area contributed by atoms with Crippen LogP contribution in [0.15, 0.2) is 60.0 Å². The molecule has 1 atom stereocenters. The molecule has 1 aromatic heterocycles. The van der Waals surface area contributed by atoms with Gasteiger partial charge in [-0.25, -0.2) is 9.78 Å². The molecule has 0 saturated carbocycles. The first-order chi connectivity index (χ1) is 16.2. The number of nitrogens with zero attached hydrogens (tertiary/aromatic N) is 2. The van der Waals surface area contributed by atoms with E-state index in [4.69, 9.17) is 9.72 Å². The molecule has 3 rings (SSSR count). The monoisotopic (exact) mass is 485 g/mol. The second-order valence-electron chi connectivity index (χ2n) is 7.76. The summed E-state index contributed by atoms with van der Waals surface area (Å²) in [6.45, 7) is 13.4. The summed E-state index contributed by atoms with van der Waals surface area (Å²) in [7, 11) is 0. The molecule has 0 fully saturated rings. The number of amides is 1. The van der Waals surface area contributed by atoms with Gasteiger partial charge >= 0.3 is 6.09 Å². The van der Waals surface area contributed by atoms with Crippen LogP contribution in [0.2, 0.25) is 0 Å². The summed E-state index contributed by atoms with van der Waals surface area (Å²) in [6.07, 6.45) is -0.107. The van der Waals surface area contributed by atoms with E-state index in [0.717, 1.165) is 21.8 Å². The fourth-order valence-corrected chi connectivity index (χ4v) is 3.71. The highest BCUT2D eigenvalue weighted by Gasteiger charge is 2.23. The molecule has 0 bridgehead atoms. The van der Waals surface area contributed by atoms with Gasteiger partial charge in [0, 0.05) is 23.1 Å². The number of alkyl carbamates (subject to hydrolysis) is 1. The summed E-state index contributed by atoms with van der Waals surface area (Å²) in [6, 6.07) is 15.7. The van der Waals surface area contributed by atoms with Gasteiger partial charge in [-0.3, -0.25) is 10.1 Å². The zero-order valence-electron chi connectivity index (χ0n) is 21.0. The highest BCUT2D eigenvalue weighted by molar-refractivity contribution is 7.10. The highest BCUT2D eigenvalue weighted by atomic mass is 32.1. The molecule has 0 unspecified atom stereocenters. The van der Waals surface area contributed by atoms with Crippen molar-refractivity contribution in [2.45, 2.75) is 66.5 Å². The molecule has 34 heavy (non-hydrogen) atoms. The zero-order chi connectivity index (χ0) is 25.7. The number of hydrogen-bond donors (Lipinski definition) is 1. The summed E-state index contributed by atoms with van der Waals surface area (Å²) in [5.74, 6) is 0. The van der Waals surface area contributed by atoms with Gasteiger partial charge in [0.1, 0.15) is 10.6 Å². The molecule has 1 amide bonds. The number of nitrogens with one attached hydrogen (secondary N) is 1. The fraction of sp³-hybridized carbons (Fsp3) is 0.385. The normalized spacial score (nSPS) is 11.1. The van der Waals surface area contributed by atoms with Crippen LogP contribution < -0.4 is 5.32 Å². The van der Waals surface area contributed by atoms with Crippen molar-refractivity contribution in [3.63, 3.8) is 0 Å². The van der Waals surface area contributed by atoms with Gasteiger partial charge in [0.15, 0.2) is 0 Å². The molecule has 0 aliphatic rings. The number of thiazole rings is 1. The molecule has 0 aliphatic carbocycles. The number of rotatable bonds is 6. The molecule has 0 aliphatic heterocycles. The second kappa shape index (κ2) is 14.1. The van der Waals surface area contributed by atoms with Crippen molar-refractivity contribution in [2.75, 3.05) is 0 Å². The van der Waals surface area contributed by atoms with Crippen LogP contribution in [-0.4, -0.2) is 21.6 Å². The minimum atomic E-state index is -0.625. The Morgan fingerprint density at radius 3 is 2.18 bits per heavy atom. The fourth-order valence-electron chi connectivity index (χ4n) is 2.83. The molecule has 8 heteroatoms. The summed E-state index contributed by atoms with van der Waals surface area (Å²) in [5.41, 5.74) is 2.07. The maximum absolute atomic E-state index is 12.4. The number of aromatic nitrogens is 1. The third-order valence-electron chi connectivity index (χ3n) is 4.17. The van der Waals surface area contributed by atoms with E-state index in [2.05, 4.69) is 5.32 Å². The molecule has 184 valence electrons. The van der Waals surface area contributed by atoms with Gasteiger partial charge in [-0.2, -0.15) is 0 Å². The number of carbonyl (C=O) groups is 1. The maximum Gasteiger partial charge on any atom is 0.408 e. The molecule has 1 N–H and O–H groups in total. The molecule has 1 heterocycles. The number of nitro groups is 1. The number of benzene rings is 2.